The Morgan fingerprint density at radius 2 is 2.00 bits per heavy atom. The van der Waals surface area contributed by atoms with Gasteiger partial charge in [0.05, 0.1) is 16.5 Å². The number of carbonyl (C=O) groups excluding carboxylic acids is 1. The molecule has 0 atom stereocenters. The molecule has 2 heterocycles. The van der Waals surface area contributed by atoms with Crippen molar-refractivity contribution < 1.29 is 14.7 Å². The fourth-order valence-corrected chi connectivity index (χ4v) is 3.45. The van der Waals surface area contributed by atoms with Gasteiger partial charge in [0, 0.05) is 37.2 Å². The number of Topliss-reactive ketones (excluding diaryl/α,β-unsaturated/α-hetero) is 1. The Labute approximate surface area is 167 Å². The summed E-state index contributed by atoms with van der Waals surface area (Å²) in [6, 6.07) is 4.26. The number of imidazole rings is 1. The minimum atomic E-state index is -0.489. The first kappa shape index (κ1) is 14.1. The second-order valence-corrected chi connectivity index (χ2v) is 6.77. The van der Waals surface area contributed by atoms with Crippen molar-refractivity contribution in [2.45, 2.75) is 19.3 Å². The first-order valence-electron chi connectivity index (χ1n) is 11.2. The van der Waals surface area contributed by atoms with Crippen LogP contribution in [0.2, 0.25) is 0 Å². The molecular formula is C22H22FN3O2. The SMILES string of the molecule is [2H]c1c([2H])c([2H])c2c([nH]c(=O)n2C2=CCN(CCCC(=O)c3ccc(F)cc3)CC2)c1[2H]. The van der Waals surface area contributed by atoms with E-state index in [-0.39, 0.29) is 46.8 Å². The molecule has 1 N–H and O–H groups in total. The van der Waals surface area contributed by atoms with Crippen molar-refractivity contribution >= 4 is 22.5 Å². The third-order valence-corrected chi connectivity index (χ3v) is 4.93. The van der Waals surface area contributed by atoms with Gasteiger partial charge < -0.3 is 4.98 Å². The molecule has 6 heteroatoms. The molecule has 3 aromatic rings. The van der Waals surface area contributed by atoms with E-state index in [4.69, 9.17) is 5.48 Å². The van der Waals surface area contributed by atoms with Crippen LogP contribution in [0.4, 0.5) is 4.39 Å². The average molecular weight is 383 g/mol. The number of nitrogens with one attached hydrogen (secondary N) is 1. The van der Waals surface area contributed by atoms with Gasteiger partial charge in [-0.15, -0.1) is 0 Å². The summed E-state index contributed by atoms with van der Waals surface area (Å²) in [5.74, 6) is -0.403. The molecule has 0 saturated carbocycles. The fraction of sp³-hybridized carbons (Fsp3) is 0.273. The number of nitrogens with zero attached hydrogens (tertiary/aromatic N) is 2. The number of carbonyl (C=O) groups is 1. The van der Waals surface area contributed by atoms with E-state index in [9.17, 15) is 14.0 Å². The molecule has 1 aliphatic heterocycles. The number of ketones is 1. The van der Waals surface area contributed by atoms with Gasteiger partial charge in [0.15, 0.2) is 5.78 Å². The number of fused-ring (bicyclic) bond motifs is 1. The highest BCUT2D eigenvalue weighted by atomic mass is 19.1. The minimum Gasteiger partial charge on any atom is -0.305 e. The average Bonchev–Trinajstić information content (AvgIpc) is 3.14. The third-order valence-electron chi connectivity index (χ3n) is 4.93. The molecule has 0 amide bonds. The van der Waals surface area contributed by atoms with Crippen molar-refractivity contribution in [3.05, 3.63) is 76.4 Å². The highest BCUT2D eigenvalue weighted by Gasteiger charge is 2.17. The van der Waals surface area contributed by atoms with Crippen LogP contribution in [-0.4, -0.2) is 39.9 Å². The van der Waals surface area contributed by atoms with E-state index >= 15 is 0 Å². The highest BCUT2D eigenvalue weighted by Crippen LogP contribution is 2.20. The fourth-order valence-electron chi connectivity index (χ4n) is 3.45. The molecule has 0 fully saturated rings. The summed E-state index contributed by atoms with van der Waals surface area (Å²) in [5.41, 5.74) is 0.950. The van der Waals surface area contributed by atoms with E-state index in [0.717, 1.165) is 0 Å². The summed E-state index contributed by atoms with van der Waals surface area (Å²) in [6.07, 6.45) is 3.42. The van der Waals surface area contributed by atoms with E-state index < -0.39 is 5.69 Å². The Hall–Kier alpha value is -2.99. The van der Waals surface area contributed by atoms with Gasteiger partial charge in [-0.2, -0.15) is 0 Å². The normalized spacial score (nSPS) is 17.0. The Balaban J connectivity index is 1.44. The van der Waals surface area contributed by atoms with Gasteiger partial charge in [0.1, 0.15) is 5.82 Å². The zero-order valence-electron chi connectivity index (χ0n) is 19.2. The van der Waals surface area contributed by atoms with Gasteiger partial charge >= 0.3 is 5.69 Å². The van der Waals surface area contributed by atoms with Crippen LogP contribution in [0.1, 0.15) is 35.1 Å². The quantitative estimate of drug-likeness (QED) is 0.661. The van der Waals surface area contributed by atoms with E-state index in [1.807, 2.05) is 6.08 Å². The largest absolute Gasteiger partial charge is 0.330 e. The van der Waals surface area contributed by atoms with Crippen LogP contribution in [0.15, 0.2) is 59.3 Å². The first-order chi connectivity index (χ1) is 15.3. The molecule has 0 aliphatic carbocycles. The highest BCUT2D eigenvalue weighted by molar-refractivity contribution is 5.95. The van der Waals surface area contributed by atoms with E-state index in [1.165, 1.54) is 28.8 Å². The zero-order valence-corrected chi connectivity index (χ0v) is 15.2. The van der Waals surface area contributed by atoms with Crippen LogP contribution < -0.4 is 5.69 Å². The van der Waals surface area contributed by atoms with Gasteiger partial charge in [-0.3, -0.25) is 14.3 Å². The Kier molecular flexibility index (Phi) is 3.99. The molecule has 1 aliphatic rings. The second-order valence-electron chi connectivity index (χ2n) is 6.77. The summed E-state index contributed by atoms with van der Waals surface area (Å²) >= 11 is 0. The van der Waals surface area contributed by atoms with Crippen LogP contribution >= 0.6 is 0 Å². The topological polar surface area (TPSA) is 58.1 Å². The molecule has 0 saturated heterocycles. The Bertz CT molecular complexity index is 1280. The standard InChI is InChI=1S/C22H22FN3O2/c23-17-9-7-16(8-10-17)21(27)6-3-13-25-14-11-18(12-15-25)26-20-5-2-1-4-19(20)24-22(26)28/h1-2,4-5,7-11H,3,6,12-15H2,(H,24,28)/i1D,2D,4D,5D. The van der Waals surface area contributed by atoms with Crippen molar-refractivity contribution in [1.82, 2.24) is 14.5 Å². The maximum absolute atomic E-state index is 13.0. The van der Waals surface area contributed by atoms with Crippen LogP contribution in [0.5, 0.6) is 0 Å². The predicted molar refractivity (Wildman–Crippen MR) is 108 cm³/mol. The Morgan fingerprint density at radius 3 is 2.75 bits per heavy atom. The molecule has 28 heavy (non-hydrogen) atoms. The number of hydrogen-bond acceptors (Lipinski definition) is 3. The zero-order chi connectivity index (χ0) is 23.0. The van der Waals surface area contributed by atoms with E-state index in [2.05, 4.69) is 9.88 Å². The predicted octanol–water partition coefficient (Wildman–Crippen LogP) is 3.68. The molecule has 2 aromatic carbocycles. The van der Waals surface area contributed by atoms with Crippen LogP contribution in [0.3, 0.4) is 0 Å². The van der Waals surface area contributed by atoms with Gasteiger partial charge in [-0.25, -0.2) is 9.18 Å². The number of halogens is 1. The third kappa shape index (κ3) is 3.82. The molecule has 144 valence electrons. The van der Waals surface area contributed by atoms with Crippen molar-refractivity contribution in [1.29, 1.82) is 0 Å². The number of H-pyrrole nitrogens is 1. The van der Waals surface area contributed by atoms with Crippen molar-refractivity contribution in [2.75, 3.05) is 19.6 Å². The lowest BCUT2D eigenvalue weighted by Crippen LogP contribution is -2.32. The van der Waals surface area contributed by atoms with Gasteiger partial charge in [0.2, 0.25) is 0 Å². The molecule has 5 nitrogen and oxygen atoms in total. The molecular weight excluding hydrogens is 357 g/mol. The lowest BCUT2D eigenvalue weighted by Gasteiger charge is -2.26. The number of hydrogen-bond donors (Lipinski definition) is 1. The smallest absolute Gasteiger partial charge is 0.305 e. The van der Waals surface area contributed by atoms with Crippen molar-refractivity contribution in [3.8, 4) is 0 Å². The van der Waals surface area contributed by atoms with Crippen molar-refractivity contribution in [3.63, 3.8) is 0 Å². The number of aromatic amines is 1. The number of para-hydroxylation sites is 2. The lowest BCUT2D eigenvalue weighted by atomic mass is 10.1. The molecule has 4 rings (SSSR count). The van der Waals surface area contributed by atoms with E-state index in [0.29, 0.717) is 50.2 Å². The van der Waals surface area contributed by atoms with Gasteiger partial charge in [0.25, 0.3) is 0 Å². The maximum Gasteiger partial charge on any atom is 0.330 e. The minimum absolute atomic E-state index is 0.0299. The maximum atomic E-state index is 13.0. The second kappa shape index (κ2) is 7.94. The number of benzene rings is 2. The molecule has 0 radical (unpaired) electrons. The first-order valence-corrected chi connectivity index (χ1v) is 9.19. The molecule has 0 spiro atoms. The number of aromatic nitrogens is 2. The van der Waals surface area contributed by atoms with Gasteiger partial charge in [-0.05, 0) is 49.3 Å². The summed E-state index contributed by atoms with van der Waals surface area (Å²) in [4.78, 5) is 29.5. The van der Waals surface area contributed by atoms with Gasteiger partial charge in [-0.1, -0.05) is 18.2 Å². The number of rotatable bonds is 6. The van der Waals surface area contributed by atoms with Crippen molar-refractivity contribution in [2.24, 2.45) is 0 Å². The lowest BCUT2D eigenvalue weighted by molar-refractivity contribution is 0.0975. The Morgan fingerprint density at radius 1 is 1.21 bits per heavy atom. The van der Waals surface area contributed by atoms with Crippen LogP contribution in [0.25, 0.3) is 16.7 Å². The molecule has 1 aromatic heterocycles. The summed E-state index contributed by atoms with van der Waals surface area (Å²) < 4.78 is 46.2. The summed E-state index contributed by atoms with van der Waals surface area (Å²) in [7, 11) is 0. The molecule has 0 bridgehead atoms. The summed E-state index contributed by atoms with van der Waals surface area (Å²) in [6.45, 7) is 1.91. The van der Waals surface area contributed by atoms with Crippen LogP contribution in [-0.2, 0) is 0 Å². The van der Waals surface area contributed by atoms with E-state index in [1.54, 1.807) is 0 Å². The summed E-state index contributed by atoms with van der Waals surface area (Å²) in [5, 5.41) is 0. The van der Waals surface area contributed by atoms with Crippen LogP contribution in [0, 0.1) is 5.82 Å². The molecule has 0 unspecified atom stereocenters. The monoisotopic (exact) mass is 383 g/mol.